The Hall–Kier alpha value is -1.11. The van der Waals surface area contributed by atoms with Gasteiger partial charge in [-0.1, -0.05) is 18.2 Å². The van der Waals surface area contributed by atoms with Crippen LogP contribution in [0.3, 0.4) is 0 Å². The second-order valence-corrected chi connectivity index (χ2v) is 7.55. The van der Waals surface area contributed by atoms with Crippen LogP contribution in [0.2, 0.25) is 0 Å². The van der Waals surface area contributed by atoms with E-state index in [4.69, 9.17) is 5.73 Å². The first kappa shape index (κ1) is 15.3. The van der Waals surface area contributed by atoms with Gasteiger partial charge in [-0.05, 0) is 38.6 Å². The number of benzene rings is 1. The van der Waals surface area contributed by atoms with Gasteiger partial charge in [0, 0.05) is 24.8 Å². The van der Waals surface area contributed by atoms with Gasteiger partial charge < -0.3 is 10.6 Å². The molecule has 1 atom stereocenters. The Balaban J connectivity index is 2.16. The van der Waals surface area contributed by atoms with Crippen molar-refractivity contribution < 1.29 is 8.42 Å². The van der Waals surface area contributed by atoms with Gasteiger partial charge in [-0.15, -0.1) is 0 Å². The van der Waals surface area contributed by atoms with E-state index in [1.165, 1.54) is 0 Å². The Labute approximate surface area is 121 Å². The van der Waals surface area contributed by atoms with E-state index in [1.807, 2.05) is 31.1 Å². The van der Waals surface area contributed by atoms with E-state index in [-0.39, 0.29) is 11.8 Å². The monoisotopic (exact) mass is 297 g/mol. The standard InChI is InChI=1S/C14H23N3O2S/c1-16(2)10-13-7-5-9-17(13)20(18,19)11-12-6-3-4-8-14(12)15/h3-4,6,8,13H,5,7,9-11,15H2,1-2H3. The van der Waals surface area contributed by atoms with Gasteiger partial charge in [0.1, 0.15) is 0 Å². The predicted octanol–water partition coefficient (Wildman–Crippen LogP) is 1.12. The lowest BCUT2D eigenvalue weighted by atomic mass is 10.2. The maximum Gasteiger partial charge on any atom is 0.218 e. The largest absolute Gasteiger partial charge is 0.398 e. The van der Waals surface area contributed by atoms with E-state index in [0.717, 1.165) is 19.4 Å². The third-order valence-corrected chi connectivity index (χ3v) is 5.52. The second kappa shape index (κ2) is 6.11. The Kier molecular flexibility index (Phi) is 4.67. The van der Waals surface area contributed by atoms with E-state index in [1.54, 1.807) is 16.4 Å². The first-order valence-corrected chi connectivity index (χ1v) is 8.48. The summed E-state index contributed by atoms with van der Waals surface area (Å²) in [5.74, 6) is -0.0103. The van der Waals surface area contributed by atoms with Gasteiger partial charge in [-0.3, -0.25) is 0 Å². The van der Waals surface area contributed by atoms with Gasteiger partial charge in [0.15, 0.2) is 0 Å². The number of para-hydroxylation sites is 1. The van der Waals surface area contributed by atoms with E-state index in [0.29, 0.717) is 17.8 Å². The number of hydrogen-bond donors (Lipinski definition) is 1. The molecule has 6 heteroatoms. The highest BCUT2D eigenvalue weighted by atomic mass is 32.2. The fraction of sp³-hybridized carbons (Fsp3) is 0.571. The van der Waals surface area contributed by atoms with Crippen molar-refractivity contribution in [3.63, 3.8) is 0 Å². The smallest absolute Gasteiger partial charge is 0.218 e. The van der Waals surface area contributed by atoms with E-state index in [9.17, 15) is 8.42 Å². The van der Waals surface area contributed by atoms with Crippen molar-refractivity contribution in [1.29, 1.82) is 0 Å². The summed E-state index contributed by atoms with van der Waals surface area (Å²) in [4.78, 5) is 2.04. The second-order valence-electron chi connectivity index (χ2n) is 5.62. The summed E-state index contributed by atoms with van der Waals surface area (Å²) in [7, 11) is 0.637. The minimum absolute atomic E-state index is 0.0103. The lowest BCUT2D eigenvalue weighted by Gasteiger charge is -2.26. The zero-order chi connectivity index (χ0) is 14.8. The molecule has 0 bridgehead atoms. The topological polar surface area (TPSA) is 66.6 Å². The number of likely N-dealkylation sites (N-methyl/N-ethyl adjacent to an activating group) is 1. The number of nitrogen functional groups attached to an aromatic ring is 1. The van der Waals surface area contributed by atoms with Gasteiger partial charge in [-0.2, -0.15) is 4.31 Å². The molecule has 1 saturated heterocycles. The molecule has 1 fully saturated rings. The lowest BCUT2D eigenvalue weighted by molar-refractivity contribution is 0.291. The molecule has 2 rings (SSSR count). The third kappa shape index (κ3) is 3.50. The first-order chi connectivity index (χ1) is 9.40. The molecule has 1 aliphatic rings. The number of anilines is 1. The van der Waals surface area contributed by atoms with Crippen molar-refractivity contribution in [3.8, 4) is 0 Å². The van der Waals surface area contributed by atoms with Crippen molar-refractivity contribution in [3.05, 3.63) is 29.8 Å². The molecule has 0 aromatic heterocycles. The van der Waals surface area contributed by atoms with E-state index >= 15 is 0 Å². The molecule has 20 heavy (non-hydrogen) atoms. The van der Waals surface area contributed by atoms with Gasteiger partial charge in [0.05, 0.1) is 5.75 Å². The maximum atomic E-state index is 12.6. The van der Waals surface area contributed by atoms with Gasteiger partial charge in [0.2, 0.25) is 10.0 Å². The number of rotatable bonds is 5. The number of nitrogens with zero attached hydrogens (tertiary/aromatic N) is 2. The van der Waals surface area contributed by atoms with Crippen LogP contribution in [0.1, 0.15) is 18.4 Å². The molecule has 2 N–H and O–H groups in total. The third-order valence-electron chi connectivity index (χ3n) is 3.65. The Morgan fingerprint density at radius 3 is 2.70 bits per heavy atom. The highest BCUT2D eigenvalue weighted by molar-refractivity contribution is 7.88. The zero-order valence-corrected chi connectivity index (χ0v) is 12.9. The maximum absolute atomic E-state index is 12.6. The fourth-order valence-corrected chi connectivity index (χ4v) is 4.58. The van der Waals surface area contributed by atoms with Crippen molar-refractivity contribution in [2.75, 3.05) is 32.9 Å². The minimum atomic E-state index is -3.30. The number of hydrogen-bond acceptors (Lipinski definition) is 4. The summed E-state index contributed by atoms with van der Waals surface area (Å²) < 4.78 is 26.8. The molecule has 5 nitrogen and oxygen atoms in total. The molecule has 0 radical (unpaired) electrons. The van der Waals surface area contributed by atoms with Crippen LogP contribution in [0, 0.1) is 0 Å². The average molecular weight is 297 g/mol. The Morgan fingerprint density at radius 1 is 1.35 bits per heavy atom. The molecular weight excluding hydrogens is 274 g/mol. The summed E-state index contributed by atoms with van der Waals surface area (Å²) >= 11 is 0. The van der Waals surface area contributed by atoms with E-state index in [2.05, 4.69) is 0 Å². The number of nitrogens with two attached hydrogens (primary N) is 1. The van der Waals surface area contributed by atoms with Crippen LogP contribution in [0.4, 0.5) is 5.69 Å². The summed E-state index contributed by atoms with van der Waals surface area (Å²) in [5.41, 5.74) is 7.08. The SMILES string of the molecule is CN(C)CC1CCCN1S(=O)(=O)Cc1ccccc1N. The molecule has 0 spiro atoms. The fourth-order valence-electron chi connectivity index (χ4n) is 2.72. The highest BCUT2D eigenvalue weighted by Gasteiger charge is 2.34. The predicted molar refractivity (Wildman–Crippen MR) is 81.8 cm³/mol. The molecule has 1 aromatic carbocycles. The molecule has 1 heterocycles. The normalized spacial score (nSPS) is 20.6. The molecule has 0 aliphatic carbocycles. The van der Waals surface area contributed by atoms with Crippen LogP contribution in [0.5, 0.6) is 0 Å². The van der Waals surface area contributed by atoms with Crippen molar-refractivity contribution >= 4 is 15.7 Å². The van der Waals surface area contributed by atoms with Crippen LogP contribution in [-0.2, 0) is 15.8 Å². The summed E-state index contributed by atoms with van der Waals surface area (Å²) in [5, 5.41) is 0. The molecule has 0 amide bonds. The number of sulfonamides is 1. The van der Waals surface area contributed by atoms with Crippen LogP contribution in [0.25, 0.3) is 0 Å². The summed E-state index contributed by atoms with van der Waals surface area (Å²) in [6, 6.07) is 7.24. The summed E-state index contributed by atoms with van der Waals surface area (Å²) in [6.07, 6.45) is 1.86. The van der Waals surface area contributed by atoms with Gasteiger partial charge in [0.25, 0.3) is 0 Å². The van der Waals surface area contributed by atoms with Gasteiger partial charge >= 0.3 is 0 Å². The van der Waals surface area contributed by atoms with E-state index < -0.39 is 10.0 Å². The zero-order valence-electron chi connectivity index (χ0n) is 12.1. The Morgan fingerprint density at radius 2 is 2.05 bits per heavy atom. The molecule has 1 unspecified atom stereocenters. The Bertz CT molecular complexity index is 557. The van der Waals surface area contributed by atoms with Gasteiger partial charge in [-0.25, -0.2) is 8.42 Å². The highest BCUT2D eigenvalue weighted by Crippen LogP contribution is 2.25. The minimum Gasteiger partial charge on any atom is -0.398 e. The van der Waals surface area contributed by atoms with Crippen molar-refractivity contribution in [1.82, 2.24) is 9.21 Å². The molecule has 0 saturated carbocycles. The van der Waals surface area contributed by atoms with Crippen molar-refractivity contribution in [2.45, 2.75) is 24.6 Å². The van der Waals surface area contributed by atoms with Crippen LogP contribution in [-0.4, -0.2) is 50.8 Å². The molecule has 1 aromatic rings. The average Bonchev–Trinajstić information content (AvgIpc) is 2.80. The first-order valence-electron chi connectivity index (χ1n) is 6.88. The molecule has 1 aliphatic heterocycles. The summed E-state index contributed by atoms with van der Waals surface area (Å²) in [6.45, 7) is 1.39. The van der Waals surface area contributed by atoms with Crippen LogP contribution >= 0.6 is 0 Å². The quantitative estimate of drug-likeness (QED) is 0.827. The lowest BCUT2D eigenvalue weighted by Crippen LogP contribution is -2.41. The molecular formula is C14H23N3O2S. The molecule has 112 valence electrons. The van der Waals surface area contributed by atoms with Crippen LogP contribution in [0.15, 0.2) is 24.3 Å². The van der Waals surface area contributed by atoms with Crippen molar-refractivity contribution in [2.24, 2.45) is 0 Å². The van der Waals surface area contributed by atoms with Crippen LogP contribution < -0.4 is 5.73 Å².